The van der Waals surface area contributed by atoms with Crippen LogP contribution in [0.3, 0.4) is 0 Å². The first-order valence-electron chi connectivity index (χ1n) is 5.90. The van der Waals surface area contributed by atoms with Gasteiger partial charge in [0.2, 0.25) is 5.28 Å². The number of hydrogen-bond acceptors (Lipinski definition) is 4. The van der Waals surface area contributed by atoms with Crippen LogP contribution in [0, 0.1) is 6.92 Å². The van der Waals surface area contributed by atoms with Crippen LogP contribution < -0.4 is 5.32 Å². The van der Waals surface area contributed by atoms with Gasteiger partial charge in [0.1, 0.15) is 11.3 Å². The lowest BCUT2D eigenvalue weighted by atomic mass is 10.2. The van der Waals surface area contributed by atoms with E-state index in [0.717, 1.165) is 11.3 Å². The van der Waals surface area contributed by atoms with Crippen molar-refractivity contribution in [2.24, 2.45) is 0 Å². The third-order valence-electron chi connectivity index (χ3n) is 2.74. The summed E-state index contributed by atoms with van der Waals surface area (Å²) in [5, 5.41) is 3.44. The molecule has 96 valence electrons. The number of aromatic amines is 1. The molecule has 0 radical (unpaired) electrons. The summed E-state index contributed by atoms with van der Waals surface area (Å²) in [4.78, 5) is 15.7. The number of H-pyrrole nitrogens is 1. The minimum Gasteiger partial charge on any atom is -0.364 e. The van der Waals surface area contributed by atoms with Crippen LogP contribution >= 0.6 is 11.6 Å². The maximum absolute atomic E-state index is 5.90. The highest BCUT2D eigenvalue weighted by Gasteiger charge is 2.10. The van der Waals surface area contributed by atoms with E-state index in [4.69, 9.17) is 11.6 Å². The van der Waals surface area contributed by atoms with Crippen LogP contribution in [0.5, 0.6) is 0 Å². The molecule has 0 unspecified atom stereocenters. The molecule has 0 saturated carbocycles. The summed E-state index contributed by atoms with van der Waals surface area (Å²) in [5.41, 5.74) is 2.52. The van der Waals surface area contributed by atoms with Gasteiger partial charge in [-0.2, -0.15) is 9.97 Å². The van der Waals surface area contributed by atoms with Gasteiger partial charge in [0, 0.05) is 6.54 Å². The van der Waals surface area contributed by atoms with Crippen molar-refractivity contribution in [1.82, 2.24) is 19.9 Å². The quantitative estimate of drug-likeness (QED) is 0.720. The molecular weight excluding hydrogens is 262 g/mol. The smallest absolute Gasteiger partial charge is 0.226 e. The van der Waals surface area contributed by atoms with E-state index < -0.39 is 0 Å². The number of hydrogen-bond donors (Lipinski definition) is 2. The second-order valence-corrected chi connectivity index (χ2v) is 4.54. The number of nitrogens with one attached hydrogen (secondary N) is 2. The Morgan fingerprint density at radius 3 is 2.74 bits per heavy atom. The minimum absolute atomic E-state index is 0.189. The topological polar surface area (TPSA) is 66.5 Å². The van der Waals surface area contributed by atoms with Crippen molar-refractivity contribution in [3.05, 3.63) is 47.0 Å². The van der Waals surface area contributed by atoms with Crippen LogP contribution in [-0.4, -0.2) is 19.9 Å². The molecule has 3 aromatic rings. The average molecular weight is 274 g/mol. The summed E-state index contributed by atoms with van der Waals surface area (Å²) in [5.74, 6) is 1.45. The maximum atomic E-state index is 5.90. The highest BCUT2D eigenvalue weighted by atomic mass is 35.5. The molecule has 2 heterocycles. The molecule has 1 aromatic carbocycles. The van der Waals surface area contributed by atoms with E-state index >= 15 is 0 Å². The monoisotopic (exact) mass is 273 g/mol. The van der Waals surface area contributed by atoms with Gasteiger partial charge in [-0.05, 0) is 24.1 Å². The molecule has 0 aliphatic heterocycles. The highest BCUT2D eigenvalue weighted by Crippen LogP contribution is 2.20. The van der Waals surface area contributed by atoms with Crippen molar-refractivity contribution in [3.63, 3.8) is 0 Å². The van der Waals surface area contributed by atoms with E-state index in [0.29, 0.717) is 18.0 Å². The molecular formula is C13H12ClN5. The van der Waals surface area contributed by atoms with E-state index in [2.05, 4.69) is 25.3 Å². The van der Waals surface area contributed by atoms with Gasteiger partial charge in [0.05, 0.1) is 0 Å². The number of anilines is 1. The number of imidazole rings is 1. The second-order valence-electron chi connectivity index (χ2n) is 4.20. The number of benzene rings is 1. The zero-order chi connectivity index (χ0) is 13.2. The Labute approximate surface area is 115 Å². The van der Waals surface area contributed by atoms with Crippen molar-refractivity contribution in [1.29, 1.82) is 0 Å². The molecule has 0 amide bonds. The fourth-order valence-corrected chi connectivity index (χ4v) is 2.06. The molecule has 6 heteroatoms. The van der Waals surface area contributed by atoms with Gasteiger partial charge >= 0.3 is 0 Å². The van der Waals surface area contributed by atoms with Gasteiger partial charge in [-0.1, -0.05) is 30.3 Å². The first-order chi connectivity index (χ1) is 9.22. The van der Waals surface area contributed by atoms with Gasteiger partial charge in [-0.15, -0.1) is 0 Å². The Kier molecular flexibility index (Phi) is 3.05. The Morgan fingerprint density at radius 1 is 1.16 bits per heavy atom. The van der Waals surface area contributed by atoms with Crippen molar-refractivity contribution in [2.75, 3.05) is 5.32 Å². The molecule has 2 N–H and O–H groups in total. The lowest BCUT2D eigenvalue weighted by molar-refractivity contribution is 1.10. The van der Waals surface area contributed by atoms with Gasteiger partial charge in [-0.25, -0.2) is 4.98 Å². The normalized spacial score (nSPS) is 10.8. The van der Waals surface area contributed by atoms with E-state index in [1.807, 2.05) is 37.3 Å². The van der Waals surface area contributed by atoms with Crippen LogP contribution in [0.15, 0.2) is 30.3 Å². The number of aryl methyl sites for hydroxylation is 1. The number of nitrogens with zero attached hydrogens (tertiary/aromatic N) is 3. The molecule has 2 aromatic heterocycles. The summed E-state index contributed by atoms with van der Waals surface area (Å²) in [6.45, 7) is 2.54. The van der Waals surface area contributed by atoms with Crippen molar-refractivity contribution in [3.8, 4) is 0 Å². The van der Waals surface area contributed by atoms with Crippen molar-refractivity contribution >= 4 is 28.6 Å². The molecule has 5 nitrogen and oxygen atoms in total. The Bertz CT molecular complexity index is 708. The molecule has 0 saturated heterocycles. The fraction of sp³-hybridized carbons (Fsp3) is 0.154. The van der Waals surface area contributed by atoms with E-state index in [1.165, 1.54) is 5.56 Å². The fourth-order valence-electron chi connectivity index (χ4n) is 1.90. The first kappa shape index (κ1) is 11.9. The molecule has 0 bridgehead atoms. The summed E-state index contributed by atoms with van der Waals surface area (Å²) in [6, 6.07) is 10.1. The Morgan fingerprint density at radius 2 is 1.95 bits per heavy atom. The van der Waals surface area contributed by atoms with Crippen LogP contribution in [0.25, 0.3) is 11.2 Å². The zero-order valence-corrected chi connectivity index (χ0v) is 11.1. The van der Waals surface area contributed by atoms with E-state index in [1.54, 1.807) is 0 Å². The first-order valence-corrected chi connectivity index (χ1v) is 6.28. The molecule has 0 aliphatic carbocycles. The summed E-state index contributed by atoms with van der Waals surface area (Å²) < 4.78 is 0. The molecule has 0 atom stereocenters. The van der Waals surface area contributed by atoms with Gasteiger partial charge < -0.3 is 10.3 Å². The van der Waals surface area contributed by atoms with E-state index in [9.17, 15) is 0 Å². The lowest BCUT2D eigenvalue weighted by Crippen LogP contribution is -2.03. The van der Waals surface area contributed by atoms with Crippen LogP contribution in [0.1, 0.15) is 11.4 Å². The number of fused-ring (bicyclic) bond motifs is 1. The number of aromatic nitrogens is 4. The summed E-state index contributed by atoms with van der Waals surface area (Å²) in [6.07, 6.45) is 0. The lowest BCUT2D eigenvalue weighted by Gasteiger charge is -2.06. The number of halogens is 1. The summed E-state index contributed by atoms with van der Waals surface area (Å²) in [7, 11) is 0. The van der Waals surface area contributed by atoms with Gasteiger partial charge in [0.15, 0.2) is 11.5 Å². The van der Waals surface area contributed by atoms with Gasteiger partial charge in [-0.3, -0.25) is 0 Å². The van der Waals surface area contributed by atoms with Crippen LogP contribution in [-0.2, 0) is 6.54 Å². The van der Waals surface area contributed by atoms with E-state index in [-0.39, 0.29) is 5.28 Å². The van der Waals surface area contributed by atoms with Crippen LogP contribution in [0.4, 0.5) is 5.82 Å². The molecule has 0 aliphatic rings. The third kappa shape index (κ3) is 2.51. The second kappa shape index (κ2) is 4.85. The van der Waals surface area contributed by atoms with Crippen molar-refractivity contribution in [2.45, 2.75) is 13.5 Å². The van der Waals surface area contributed by atoms with Crippen molar-refractivity contribution < 1.29 is 0 Å². The van der Waals surface area contributed by atoms with Crippen LogP contribution in [0.2, 0.25) is 5.28 Å². The predicted molar refractivity (Wildman–Crippen MR) is 75.2 cm³/mol. The molecule has 3 rings (SSSR count). The molecule has 0 fully saturated rings. The largest absolute Gasteiger partial charge is 0.364 e. The standard InChI is InChI=1S/C13H12ClN5/c1-8-16-10-11(18-13(14)19-12(10)17-8)15-7-9-5-3-2-4-6-9/h2-6H,7H2,1H3,(H2,15,16,17,18,19). The van der Waals surface area contributed by atoms with Gasteiger partial charge in [0.25, 0.3) is 0 Å². The molecule has 0 spiro atoms. The predicted octanol–water partition coefficient (Wildman–Crippen LogP) is 2.93. The zero-order valence-electron chi connectivity index (χ0n) is 10.3. The third-order valence-corrected chi connectivity index (χ3v) is 2.91. The molecule has 19 heavy (non-hydrogen) atoms. The maximum Gasteiger partial charge on any atom is 0.226 e. The highest BCUT2D eigenvalue weighted by molar-refractivity contribution is 6.28. The SMILES string of the molecule is Cc1nc2nc(Cl)nc(NCc3ccccc3)c2[nH]1. The minimum atomic E-state index is 0.189. The summed E-state index contributed by atoms with van der Waals surface area (Å²) >= 11 is 5.90. The number of rotatable bonds is 3. The Balaban J connectivity index is 1.92. The Hall–Kier alpha value is -2.14. The average Bonchev–Trinajstić information content (AvgIpc) is 2.77.